The number of nitrogens with two attached hydrogens (primary N) is 1. The summed E-state index contributed by atoms with van der Waals surface area (Å²) in [6.45, 7) is 4.39. The molecule has 0 bridgehead atoms. The van der Waals surface area contributed by atoms with Crippen molar-refractivity contribution in [2.24, 2.45) is 5.73 Å². The van der Waals surface area contributed by atoms with Gasteiger partial charge in [0.25, 0.3) is 0 Å². The Morgan fingerprint density at radius 2 is 2.11 bits per heavy atom. The van der Waals surface area contributed by atoms with Gasteiger partial charge in [0.05, 0.1) is 26.0 Å². The Morgan fingerprint density at radius 3 is 2.83 bits per heavy atom. The van der Waals surface area contributed by atoms with Gasteiger partial charge in [-0.1, -0.05) is 0 Å². The smallest absolute Gasteiger partial charge is 0.137 e. The van der Waals surface area contributed by atoms with E-state index in [0.29, 0.717) is 26.4 Å². The predicted octanol–water partition coefficient (Wildman–Crippen LogP) is 1.53. The van der Waals surface area contributed by atoms with Crippen molar-refractivity contribution in [3.8, 4) is 5.75 Å². The number of pyridine rings is 1. The van der Waals surface area contributed by atoms with Crippen molar-refractivity contribution in [1.29, 1.82) is 0 Å². The Hall–Kier alpha value is -1.17. The minimum atomic E-state index is -0.0829. The van der Waals surface area contributed by atoms with Gasteiger partial charge < -0.3 is 19.9 Å². The minimum absolute atomic E-state index is 0.0829. The van der Waals surface area contributed by atoms with Crippen LogP contribution in [0.3, 0.4) is 0 Å². The van der Waals surface area contributed by atoms with Crippen molar-refractivity contribution >= 4 is 0 Å². The molecule has 0 aliphatic heterocycles. The maximum absolute atomic E-state index is 6.07. The van der Waals surface area contributed by atoms with Crippen LogP contribution in [-0.2, 0) is 9.47 Å². The van der Waals surface area contributed by atoms with Gasteiger partial charge >= 0.3 is 0 Å². The van der Waals surface area contributed by atoms with Gasteiger partial charge in [-0.05, 0) is 25.0 Å². The molecule has 0 aliphatic carbocycles. The lowest BCUT2D eigenvalue weighted by atomic mass is 10.1. The van der Waals surface area contributed by atoms with E-state index in [-0.39, 0.29) is 6.04 Å². The van der Waals surface area contributed by atoms with Gasteiger partial charge in [-0.2, -0.15) is 0 Å². The fourth-order valence-corrected chi connectivity index (χ4v) is 1.51. The second kappa shape index (κ2) is 8.85. The first-order chi connectivity index (χ1) is 8.77. The molecule has 1 aromatic rings. The summed E-state index contributed by atoms with van der Waals surface area (Å²) in [5, 5.41) is 0. The zero-order valence-corrected chi connectivity index (χ0v) is 11.1. The highest BCUT2D eigenvalue weighted by molar-refractivity contribution is 5.25. The van der Waals surface area contributed by atoms with E-state index < -0.39 is 0 Å². The SMILES string of the molecule is CCOc1cncc(C(N)CCOCCOC)c1. The molecule has 5 nitrogen and oxygen atoms in total. The number of hydrogen-bond donors (Lipinski definition) is 1. The minimum Gasteiger partial charge on any atom is -0.492 e. The van der Waals surface area contributed by atoms with E-state index in [0.717, 1.165) is 17.7 Å². The molecule has 1 aromatic heterocycles. The van der Waals surface area contributed by atoms with Crippen LogP contribution >= 0.6 is 0 Å². The van der Waals surface area contributed by atoms with Crippen molar-refractivity contribution in [3.63, 3.8) is 0 Å². The van der Waals surface area contributed by atoms with Gasteiger partial charge in [0, 0.05) is 26.0 Å². The number of methoxy groups -OCH3 is 1. The molecule has 0 saturated heterocycles. The van der Waals surface area contributed by atoms with Gasteiger partial charge in [0.15, 0.2) is 0 Å². The highest BCUT2D eigenvalue weighted by Crippen LogP contribution is 2.18. The molecule has 1 heterocycles. The van der Waals surface area contributed by atoms with E-state index in [4.69, 9.17) is 19.9 Å². The molecular formula is C13H22N2O3. The molecular weight excluding hydrogens is 232 g/mol. The maximum atomic E-state index is 6.07. The Bertz CT molecular complexity index is 334. The lowest BCUT2D eigenvalue weighted by Gasteiger charge is -2.13. The lowest BCUT2D eigenvalue weighted by Crippen LogP contribution is -2.14. The molecule has 0 saturated carbocycles. The molecule has 0 radical (unpaired) electrons. The molecule has 0 fully saturated rings. The van der Waals surface area contributed by atoms with Gasteiger partial charge in [-0.3, -0.25) is 4.98 Å². The zero-order chi connectivity index (χ0) is 13.2. The van der Waals surface area contributed by atoms with Crippen LogP contribution in [0.4, 0.5) is 0 Å². The van der Waals surface area contributed by atoms with Crippen LogP contribution < -0.4 is 10.5 Å². The number of nitrogens with zero attached hydrogens (tertiary/aromatic N) is 1. The highest BCUT2D eigenvalue weighted by atomic mass is 16.5. The summed E-state index contributed by atoms with van der Waals surface area (Å²) in [7, 11) is 1.65. The van der Waals surface area contributed by atoms with Crippen molar-refractivity contribution in [3.05, 3.63) is 24.0 Å². The summed E-state index contributed by atoms with van der Waals surface area (Å²) in [5.41, 5.74) is 7.04. The molecule has 2 N–H and O–H groups in total. The van der Waals surface area contributed by atoms with Crippen LogP contribution in [0.15, 0.2) is 18.5 Å². The van der Waals surface area contributed by atoms with Gasteiger partial charge in [-0.15, -0.1) is 0 Å². The molecule has 102 valence electrons. The number of aromatic nitrogens is 1. The first kappa shape index (κ1) is 14.9. The lowest BCUT2D eigenvalue weighted by molar-refractivity contribution is 0.0672. The third-order valence-electron chi connectivity index (χ3n) is 2.48. The molecule has 1 unspecified atom stereocenters. The average Bonchev–Trinajstić information content (AvgIpc) is 2.39. The summed E-state index contributed by atoms with van der Waals surface area (Å²) in [6.07, 6.45) is 4.21. The second-order valence-corrected chi connectivity index (χ2v) is 3.89. The molecule has 0 spiro atoms. The fourth-order valence-electron chi connectivity index (χ4n) is 1.51. The summed E-state index contributed by atoms with van der Waals surface area (Å²) in [6, 6.07) is 1.84. The van der Waals surface area contributed by atoms with E-state index in [9.17, 15) is 0 Å². The Labute approximate surface area is 108 Å². The zero-order valence-electron chi connectivity index (χ0n) is 11.1. The first-order valence-electron chi connectivity index (χ1n) is 6.18. The molecule has 18 heavy (non-hydrogen) atoms. The van der Waals surface area contributed by atoms with Crippen LogP contribution in [-0.4, -0.2) is 38.5 Å². The van der Waals surface area contributed by atoms with E-state index in [2.05, 4.69) is 4.98 Å². The van der Waals surface area contributed by atoms with E-state index in [1.807, 2.05) is 13.0 Å². The average molecular weight is 254 g/mol. The van der Waals surface area contributed by atoms with Crippen molar-refractivity contribution in [1.82, 2.24) is 4.98 Å². The Kier molecular flexibility index (Phi) is 7.32. The van der Waals surface area contributed by atoms with E-state index >= 15 is 0 Å². The van der Waals surface area contributed by atoms with Gasteiger partial charge in [0.1, 0.15) is 5.75 Å². The van der Waals surface area contributed by atoms with Crippen LogP contribution in [0.2, 0.25) is 0 Å². The normalized spacial score (nSPS) is 12.4. The molecule has 0 aromatic carbocycles. The molecule has 5 heteroatoms. The number of hydrogen-bond acceptors (Lipinski definition) is 5. The highest BCUT2D eigenvalue weighted by Gasteiger charge is 2.07. The van der Waals surface area contributed by atoms with Gasteiger partial charge in [-0.25, -0.2) is 0 Å². The molecule has 1 atom stereocenters. The monoisotopic (exact) mass is 254 g/mol. The largest absolute Gasteiger partial charge is 0.492 e. The van der Waals surface area contributed by atoms with Crippen LogP contribution in [0.1, 0.15) is 24.9 Å². The van der Waals surface area contributed by atoms with Crippen LogP contribution in [0.25, 0.3) is 0 Å². The van der Waals surface area contributed by atoms with Crippen LogP contribution in [0.5, 0.6) is 5.75 Å². The van der Waals surface area contributed by atoms with Crippen molar-refractivity contribution < 1.29 is 14.2 Å². The number of rotatable bonds is 9. The third-order valence-corrected chi connectivity index (χ3v) is 2.48. The van der Waals surface area contributed by atoms with Crippen molar-refractivity contribution in [2.75, 3.05) is 33.5 Å². The predicted molar refractivity (Wildman–Crippen MR) is 69.6 cm³/mol. The van der Waals surface area contributed by atoms with E-state index in [1.54, 1.807) is 19.5 Å². The third kappa shape index (κ3) is 5.44. The number of ether oxygens (including phenoxy) is 3. The summed E-state index contributed by atoms with van der Waals surface area (Å²) in [4.78, 5) is 4.12. The fraction of sp³-hybridized carbons (Fsp3) is 0.615. The summed E-state index contributed by atoms with van der Waals surface area (Å²) >= 11 is 0. The Balaban J connectivity index is 2.36. The first-order valence-corrected chi connectivity index (χ1v) is 6.18. The standard InChI is InChI=1S/C13H22N2O3/c1-3-18-12-8-11(9-15-10-12)13(14)4-5-17-7-6-16-2/h8-10,13H,3-7,14H2,1-2H3. The second-order valence-electron chi connectivity index (χ2n) is 3.89. The quantitative estimate of drug-likeness (QED) is 0.677. The maximum Gasteiger partial charge on any atom is 0.137 e. The van der Waals surface area contributed by atoms with Gasteiger partial charge in [0.2, 0.25) is 0 Å². The molecule has 0 amide bonds. The van der Waals surface area contributed by atoms with E-state index in [1.165, 1.54) is 0 Å². The van der Waals surface area contributed by atoms with Crippen molar-refractivity contribution in [2.45, 2.75) is 19.4 Å². The topological polar surface area (TPSA) is 66.6 Å². The summed E-state index contributed by atoms with van der Waals surface area (Å²) < 4.78 is 15.7. The van der Waals surface area contributed by atoms with Crippen LogP contribution in [0, 0.1) is 0 Å². The molecule has 1 rings (SSSR count). The summed E-state index contributed by atoms with van der Waals surface area (Å²) in [5.74, 6) is 0.755. The Morgan fingerprint density at radius 1 is 1.28 bits per heavy atom. The molecule has 0 aliphatic rings.